The Morgan fingerprint density at radius 2 is 1.55 bits per heavy atom. The van der Waals surface area contributed by atoms with Crippen LogP contribution in [-0.2, 0) is 14.8 Å². The molecule has 0 saturated carbocycles. The molecule has 0 bridgehead atoms. The lowest BCUT2D eigenvalue weighted by Crippen LogP contribution is -2.30. The standard InChI is InChI=1S/C23H24N4O5S/c1-15(2)25-23(29)17-4-13-22(24-14-17)32-20-9-5-19(6-10-20)27-33(30,31)21-11-7-18(8-12-21)26-16(3)28/h4-15,27H,1-3H3,(H,25,29)(H,26,28). The Morgan fingerprint density at radius 3 is 2.09 bits per heavy atom. The van der Waals surface area contributed by atoms with Crippen molar-refractivity contribution in [2.75, 3.05) is 10.0 Å². The highest BCUT2D eigenvalue weighted by Gasteiger charge is 2.14. The Labute approximate surface area is 192 Å². The third-order valence-corrected chi connectivity index (χ3v) is 5.63. The molecule has 172 valence electrons. The van der Waals surface area contributed by atoms with Crippen LogP contribution in [-0.4, -0.2) is 31.3 Å². The second-order valence-electron chi connectivity index (χ2n) is 7.45. The van der Waals surface area contributed by atoms with E-state index < -0.39 is 10.0 Å². The van der Waals surface area contributed by atoms with Gasteiger partial charge in [0.15, 0.2) is 0 Å². The van der Waals surface area contributed by atoms with Crippen molar-refractivity contribution >= 4 is 33.2 Å². The number of rotatable bonds is 8. The molecule has 0 aliphatic heterocycles. The number of amides is 2. The van der Waals surface area contributed by atoms with Gasteiger partial charge in [0, 0.05) is 36.6 Å². The summed E-state index contributed by atoms with van der Waals surface area (Å²) in [5.74, 6) is 0.285. The first kappa shape index (κ1) is 23.7. The van der Waals surface area contributed by atoms with Gasteiger partial charge < -0.3 is 15.4 Å². The molecule has 0 radical (unpaired) electrons. The van der Waals surface area contributed by atoms with Crippen molar-refractivity contribution in [1.29, 1.82) is 0 Å². The van der Waals surface area contributed by atoms with Gasteiger partial charge in [0.05, 0.1) is 10.5 Å². The first-order valence-corrected chi connectivity index (χ1v) is 11.6. The SMILES string of the molecule is CC(=O)Nc1ccc(S(=O)(=O)Nc2ccc(Oc3ccc(C(=O)NC(C)C)cn3)cc2)cc1. The Balaban J connectivity index is 1.63. The molecule has 0 spiro atoms. The summed E-state index contributed by atoms with van der Waals surface area (Å²) in [6.45, 7) is 5.12. The van der Waals surface area contributed by atoms with E-state index in [2.05, 4.69) is 20.3 Å². The molecule has 2 aromatic carbocycles. The second-order valence-corrected chi connectivity index (χ2v) is 9.13. The van der Waals surface area contributed by atoms with Gasteiger partial charge >= 0.3 is 0 Å². The quantitative estimate of drug-likeness (QED) is 0.462. The van der Waals surface area contributed by atoms with Crippen LogP contribution in [0.4, 0.5) is 11.4 Å². The van der Waals surface area contributed by atoms with Gasteiger partial charge in [-0.05, 0) is 68.4 Å². The summed E-state index contributed by atoms with van der Waals surface area (Å²) in [6, 6.07) is 15.4. The van der Waals surface area contributed by atoms with Gasteiger partial charge in [-0.15, -0.1) is 0 Å². The van der Waals surface area contributed by atoms with E-state index in [0.29, 0.717) is 28.6 Å². The number of carbonyl (C=O) groups is 2. The minimum absolute atomic E-state index is 0.0208. The van der Waals surface area contributed by atoms with E-state index >= 15 is 0 Å². The van der Waals surface area contributed by atoms with Gasteiger partial charge in [-0.3, -0.25) is 14.3 Å². The molecule has 3 N–H and O–H groups in total. The lowest BCUT2D eigenvalue weighted by atomic mass is 10.2. The lowest BCUT2D eigenvalue weighted by molar-refractivity contribution is -0.114. The molecule has 0 aliphatic carbocycles. The third-order valence-electron chi connectivity index (χ3n) is 4.23. The monoisotopic (exact) mass is 468 g/mol. The molecular formula is C23H24N4O5S. The fourth-order valence-electron chi connectivity index (χ4n) is 2.77. The van der Waals surface area contributed by atoms with Crippen LogP contribution in [0.3, 0.4) is 0 Å². The number of aromatic nitrogens is 1. The van der Waals surface area contributed by atoms with Crippen LogP contribution in [0, 0.1) is 0 Å². The highest BCUT2D eigenvalue weighted by molar-refractivity contribution is 7.92. The zero-order valence-electron chi connectivity index (χ0n) is 18.3. The highest BCUT2D eigenvalue weighted by Crippen LogP contribution is 2.24. The van der Waals surface area contributed by atoms with Crippen molar-refractivity contribution in [1.82, 2.24) is 10.3 Å². The molecule has 0 fully saturated rings. The maximum absolute atomic E-state index is 12.6. The predicted octanol–water partition coefficient (Wildman–Crippen LogP) is 3.77. The van der Waals surface area contributed by atoms with Crippen LogP contribution in [0.2, 0.25) is 0 Å². The number of sulfonamides is 1. The number of hydrogen-bond acceptors (Lipinski definition) is 6. The van der Waals surface area contributed by atoms with Crippen LogP contribution in [0.1, 0.15) is 31.1 Å². The minimum Gasteiger partial charge on any atom is -0.439 e. The van der Waals surface area contributed by atoms with E-state index in [1.54, 1.807) is 36.4 Å². The Bertz CT molecular complexity index is 1220. The number of benzene rings is 2. The van der Waals surface area contributed by atoms with Gasteiger partial charge in [-0.2, -0.15) is 0 Å². The third kappa shape index (κ3) is 6.78. The predicted molar refractivity (Wildman–Crippen MR) is 125 cm³/mol. The van der Waals surface area contributed by atoms with Gasteiger partial charge in [-0.25, -0.2) is 13.4 Å². The number of nitrogens with zero attached hydrogens (tertiary/aromatic N) is 1. The molecule has 0 saturated heterocycles. The maximum atomic E-state index is 12.6. The fraction of sp³-hybridized carbons (Fsp3) is 0.174. The number of anilines is 2. The number of hydrogen-bond donors (Lipinski definition) is 3. The minimum atomic E-state index is -3.81. The van der Waals surface area contributed by atoms with Crippen LogP contribution in [0.15, 0.2) is 71.8 Å². The molecule has 0 aliphatic rings. The molecule has 1 aromatic heterocycles. The number of nitrogens with one attached hydrogen (secondary N) is 3. The normalized spacial score (nSPS) is 11.0. The zero-order valence-corrected chi connectivity index (χ0v) is 19.1. The van der Waals surface area contributed by atoms with Crippen molar-refractivity contribution in [3.05, 3.63) is 72.4 Å². The van der Waals surface area contributed by atoms with Crippen LogP contribution >= 0.6 is 0 Å². The lowest BCUT2D eigenvalue weighted by Gasteiger charge is -2.11. The van der Waals surface area contributed by atoms with Crippen molar-refractivity contribution in [3.63, 3.8) is 0 Å². The summed E-state index contributed by atoms with van der Waals surface area (Å²) in [5.41, 5.74) is 1.28. The summed E-state index contributed by atoms with van der Waals surface area (Å²) >= 11 is 0. The molecule has 1 heterocycles. The first-order chi connectivity index (χ1) is 15.6. The molecule has 9 nitrogen and oxygen atoms in total. The van der Waals surface area contributed by atoms with Crippen molar-refractivity contribution in [3.8, 4) is 11.6 Å². The summed E-state index contributed by atoms with van der Waals surface area (Å²) < 4.78 is 33.3. The Hall–Kier alpha value is -3.92. The molecule has 3 aromatic rings. The highest BCUT2D eigenvalue weighted by atomic mass is 32.2. The number of ether oxygens (including phenoxy) is 1. The van der Waals surface area contributed by atoms with E-state index in [1.807, 2.05) is 13.8 Å². The van der Waals surface area contributed by atoms with Crippen LogP contribution in [0.25, 0.3) is 0 Å². The van der Waals surface area contributed by atoms with Crippen LogP contribution in [0.5, 0.6) is 11.6 Å². The van der Waals surface area contributed by atoms with E-state index in [0.717, 1.165) is 0 Å². The van der Waals surface area contributed by atoms with Crippen molar-refractivity contribution in [2.45, 2.75) is 31.7 Å². The molecule has 33 heavy (non-hydrogen) atoms. The fourth-order valence-corrected chi connectivity index (χ4v) is 3.83. The first-order valence-electron chi connectivity index (χ1n) is 10.1. The van der Waals surface area contributed by atoms with Gasteiger partial charge in [0.1, 0.15) is 5.75 Å². The van der Waals surface area contributed by atoms with E-state index in [9.17, 15) is 18.0 Å². The van der Waals surface area contributed by atoms with E-state index in [1.165, 1.54) is 37.4 Å². The smallest absolute Gasteiger partial charge is 0.261 e. The van der Waals surface area contributed by atoms with Gasteiger partial charge in [0.25, 0.3) is 15.9 Å². The number of pyridine rings is 1. The second kappa shape index (κ2) is 10.1. The summed E-state index contributed by atoms with van der Waals surface area (Å²) in [5, 5.41) is 5.36. The molecule has 2 amide bonds. The van der Waals surface area contributed by atoms with Crippen molar-refractivity contribution < 1.29 is 22.7 Å². The summed E-state index contributed by atoms with van der Waals surface area (Å²) in [7, 11) is -3.81. The molecule has 0 unspecified atom stereocenters. The van der Waals surface area contributed by atoms with Gasteiger partial charge in [0.2, 0.25) is 11.8 Å². The Kier molecular flexibility index (Phi) is 7.29. The van der Waals surface area contributed by atoms with E-state index in [-0.39, 0.29) is 22.8 Å². The average Bonchev–Trinajstić information content (AvgIpc) is 2.75. The number of carbonyl (C=O) groups excluding carboxylic acids is 2. The zero-order chi connectivity index (χ0) is 24.0. The van der Waals surface area contributed by atoms with Gasteiger partial charge in [-0.1, -0.05) is 0 Å². The maximum Gasteiger partial charge on any atom is 0.261 e. The van der Waals surface area contributed by atoms with Crippen molar-refractivity contribution in [2.24, 2.45) is 0 Å². The molecule has 10 heteroatoms. The molecule has 3 rings (SSSR count). The van der Waals surface area contributed by atoms with E-state index in [4.69, 9.17) is 4.74 Å². The average molecular weight is 469 g/mol. The Morgan fingerprint density at radius 1 is 0.909 bits per heavy atom. The topological polar surface area (TPSA) is 126 Å². The summed E-state index contributed by atoms with van der Waals surface area (Å²) in [4.78, 5) is 27.2. The molecule has 0 atom stereocenters. The summed E-state index contributed by atoms with van der Waals surface area (Å²) in [6.07, 6.45) is 1.42. The molecular weight excluding hydrogens is 444 g/mol. The largest absolute Gasteiger partial charge is 0.439 e. The van der Waals surface area contributed by atoms with Crippen LogP contribution < -0.4 is 20.1 Å².